The van der Waals surface area contributed by atoms with Crippen molar-refractivity contribution in [1.82, 2.24) is 4.98 Å². The molecular weight excluding hydrogens is 250 g/mol. The molecule has 1 nitrogen and oxygen atoms in total. The molecule has 1 aromatic heterocycles. The average molecular weight is 282 g/mol. The number of aromatic nitrogens is 1. The minimum Gasteiger partial charge on any atom is -0.249 e. The molecule has 19 heavy (non-hydrogen) atoms. The highest BCUT2D eigenvalue weighted by molar-refractivity contribution is 7.11. The Morgan fingerprint density at radius 3 is 1.95 bits per heavy atom. The molecule has 0 amide bonds. The summed E-state index contributed by atoms with van der Waals surface area (Å²) in [6, 6.07) is 0. The average Bonchev–Trinajstić information content (AvgIpc) is 2.83. The first-order valence-electron chi connectivity index (χ1n) is 8.20. The van der Waals surface area contributed by atoms with Gasteiger partial charge in [-0.05, 0) is 19.8 Å². The van der Waals surface area contributed by atoms with Gasteiger partial charge in [0, 0.05) is 17.0 Å². The van der Waals surface area contributed by atoms with Crippen molar-refractivity contribution in [3.05, 3.63) is 16.1 Å². The van der Waals surface area contributed by atoms with Gasteiger partial charge in [0.1, 0.15) is 0 Å². The second-order valence-electron chi connectivity index (χ2n) is 5.70. The third-order valence-electron chi connectivity index (χ3n) is 3.80. The molecule has 0 unspecified atom stereocenters. The molecule has 0 spiro atoms. The summed E-state index contributed by atoms with van der Waals surface area (Å²) in [6.45, 7) is 6.74. The molecule has 0 fully saturated rings. The highest BCUT2D eigenvalue weighted by Crippen LogP contribution is 2.31. The maximum atomic E-state index is 4.63. The number of unbranched alkanes of at least 4 members (excludes halogenated alkanes) is 6. The Morgan fingerprint density at radius 1 is 0.947 bits per heavy atom. The predicted molar refractivity (Wildman–Crippen MR) is 87.1 cm³/mol. The van der Waals surface area contributed by atoms with Gasteiger partial charge in [-0.25, -0.2) is 4.98 Å². The number of hydrogen-bond acceptors (Lipinski definition) is 2. The van der Waals surface area contributed by atoms with E-state index in [4.69, 9.17) is 0 Å². The Hall–Kier alpha value is -0.370. The molecule has 0 aromatic carbocycles. The fourth-order valence-corrected chi connectivity index (χ4v) is 3.53. The third kappa shape index (κ3) is 7.10. The molecule has 0 aliphatic rings. The van der Waals surface area contributed by atoms with Crippen LogP contribution in [-0.4, -0.2) is 4.98 Å². The summed E-state index contributed by atoms with van der Waals surface area (Å²) < 4.78 is 0. The molecule has 1 rings (SSSR count). The van der Waals surface area contributed by atoms with E-state index in [-0.39, 0.29) is 0 Å². The van der Waals surface area contributed by atoms with Crippen LogP contribution in [0.15, 0.2) is 6.20 Å². The molecule has 0 saturated carbocycles. The molecule has 0 radical (unpaired) electrons. The Morgan fingerprint density at radius 2 is 1.53 bits per heavy atom. The van der Waals surface area contributed by atoms with E-state index in [0.717, 1.165) is 5.92 Å². The van der Waals surface area contributed by atoms with Crippen molar-refractivity contribution in [2.45, 2.75) is 90.9 Å². The van der Waals surface area contributed by atoms with Gasteiger partial charge in [-0.15, -0.1) is 11.3 Å². The number of nitrogens with zero attached hydrogens (tertiary/aromatic N) is 1. The van der Waals surface area contributed by atoms with E-state index in [1.54, 1.807) is 0 Å². The smallest absolute Gasteiger partial charge is 0.0958 e. The van der Waals surface area contributed by atoms with Crippen LogP contribution in [-0.2, 0) is 0 Å². The zero-order chi connectivity index (χ0) is 13.9. The van der Waals surface area contributed by atoms with Crippen molar-refractivity contribution in [3.8, 4) is 0 Å². The quantitative estimate of drug-likeness (QED) is 0.423. The van der Waals surface area contributed by atoms with E-state index in [9.17, 15) is 0 Å². The van der Waals surface area contributed by atoms with Crippen molar-refractivity contribution in [3.63, 3.8) is 0 Å². The lowest BCUT2D eigenvalue weighted by atomic mass is 9.95. The highest BCUT2D eigenvalue weighted by Gasteiger charge is 2.14. The van der Waals surface area contributed by atoms with Gasteiger partial charge < -0.3 is 0 Å². The summed E-state index contributed by atoms with van der Waals surface area (Å²) in [6.07, 6.45) is 15.7. The van der Waals surface area contributed by atoms with Gasteiger partial charge in [0.15, 0.2) is 0 Å². The lowest BCUT2D eigenvalue weighted by molar-refractivity contribution is 0.495. The standard InChI is InChI=1S/C17H31NS/c1-4-6-8-10-12-16(13-11-9-7-5-2)17-18-14-15(3)19-17/h14,16H,4-13H2,1-3H3. The van der Waals surface area contributed by atoms with Crippen molar-refractivity contribution in [2.24, 2.45) is 0 Å². The van der Waals surface area contributed by atoms with E-state index in [0.29, 0.717) is 0 Å². The largest absolute Gasteiger partial charge is 0.249 e. The predicted octanol–water partition coefficient (Wildman–Crippen LogP) is 6.48. The molecular formula is C17H31NS. The zero-order valence-corrected chi connectivity index (χ0v) is 13.9. The Kier molecular flexibility index (Phi) is 9.15. The van der Waals surface area contributed by atoms with Gasteiger partial charge in [-0.2, -0.15) is 0 Å². The van der Waals surface area contributed by atoms with Crippen LogP contribution in [0.3, 0.4) is 0 Å². The van der Waals surface area contributed by atoms with Crippen molar-refractivity contribution < 1.29 is 0 Å². The summed E-state index contributed by atoms with van der Waals surface area (Å²) in [5.41, 5.74) is 0. The number of aryl methyl sites for hydroxylation is 1. The lowest BCUT2D eigenvalue weighted by Gasteiger charge is -2.14. The minimum atomic E-state index is 0.729. The van der Waals surface area contributed by atoms with E-state index in [1.165, 1.54) is 74.1 Å². The van der Waals surface area contributed by atoms with Crippen LogP contribution in [0.4, 0.5) is 0 Å². The fourth-order valence-electron chi connectivity index (χ4n) is 2.59. The van der Waals surface area contributed by atoms with Crippen LogP contribution in [0.25, 0.3) is 0 Å². The normalized spacial score (nSPS) is 11.4. The number of thiazole rings is 1. The zero-order valence-electron chi connectivity index (χ0n) is 13.1. The van der Waals surface area contributed by atoms with Gasteiger partial charge in [0.2, 0.25) is 0 Å². The topological polar surface area (TPSA) is 12.9 Å². The molecule has 0 N–H and O–H groups in total. The molecule has 1 heterocycles. The number of rotatable bonds is 11. The van der Waals surface area contributed by atoms with E-state index in [2.05, 4.69) is 25.8 Å². The summed E-state index contributed by atoms with van der Waals surface area (Å²) in [5, 5.41) is 1.39. The van der Waals surface area contributed by atoms with Crippen LogP contribution in [0.5, 0.6) is 0 Å². The first-order valence-corrected chi connectivity index (χ1v) is 9.01. The van der Waals surface area contributed by atoms with Gasteiger partial charge in [-0.3, -0.25) is 0 Å². The van der Waals surface area contributed by atoms with Crippen LogP contribution in [0.1, 0.15) is 93.9 Å². The molecule has 0 aliphatic heterocycles. The minimum absolute atomic E-state index is 0.729. The second kappa shape index (κ2) is 10.4. The van der Waals surface area contributed by atoms with Gasteiger partial charge in [0.05, 0.1) is 5.01 Å². The number of hydrogen-bond donors (Lipinski definition) is 0. The van der Waals surface area contributed by atoms with Crippen molar-refractivity contribution >= 4 is 11.3 Å². The molecule has 0 saturated heterocycles. The van der Waals surface area contributed by atoms with Gasteiger partial charge >= 0.3 is 0 Å². The summed E-state index contributed by atoms with van der Waals surface area (Å²) in [7, 11) is 0. The Labute approximate surface area is 123 Å². The maximum Gasteiger partial charge on any atom is 0.0958 e. The van der Waals surface area contributed by atoms with E-state index >= 15 is 0 Å². The van der Waals surface area contributed by atoms with Gasteiger partial charge in [0.25, 0.3) is 0 Å². The van der Waals surface area contributed by atoms with E-state index in [1.807, 2.05) is 17.5 Å². The third-order valence-corrected chi connectivity index (χ3v) is 4.88. The summed E-state index contributed by atoms with van der Waals surface area (Å²) in [5.74, 6) is 0.729. The first kappa shape index (κ1) is 16.7. The molecule has 2 heteroatoms. The molecule has 0 aliphatic carbocycles. The second-order valence-corrected chi connectivity index (χ2v) is 6.97. The SMILES string of the molecule is CCCCCCC(CCCCCC)c1ncc(C)s1. The van der Waals surface area contributed by atoms with Crippen molar-refractivity contribution in [1.29, 1.82) is 0 Å². The first-order chi connectivity index (χ1) is 9.27. The molecule has 110 valence electrons. The van der Waals surface area contributed by atoms with Gasteiger partial charge in [-0.1, -0.05) is 65.2 Å². The van der Waals surface area contributed by atoms with Crippen molar-refractivity contribution in [2.75, 3.05) is 0 Å². The molecule has 1 aromatic rings. The molecule has 0 bridgehead atoms. The van der Waals surface area contributed by atoms with Crippen LogP contribution in [0.2, 0.25) is 0 Å². The monoisotopic (exact) mass is 281 g/mol. The lowest BCUT2D eigenvalue weighted by Crippen LogP contribution is -1.99. The highest BCUT2D eigenvalue weighted by atomic mass is 32.1. The maximum absolute atomic E-state index is 4.63. The summed E-state index contributed by atoms with van der Waals surface area (Å²) >= 11 is 1.91. The van der Waals surface area contributed by atoms with Crippen LogP contribution < -0.4 is 0 Å². The fraction of sp³-hybridized carbons (Fsp3) is 0.824. The van der Waals surface area contributed by atoms with E-state index < -0.39 is 0 Å². The Balaban J connectivity index is 2.38. The Bertz CT molecular complexity index is 307. The summed E-state index contributed by atoms with van der Waals surface area (Å²) in [4.78, 5) is 6.00. The molecule has 0 atom stereocenters. The van der Waals surface area contributed by atoms with Crippen LogP contribution in [0, 0.1) is 6.92 Å². The van der Waals surface area contributed by atoms with Crippen LogP contribution >= 0.6 is 11.3 Å².